The number of hydrogen-bond donors (Lipinski definition) is 0. The molecule has 0 saturated carbocycles. The standard InChI is InChI=1S/C19H29NSSi/c1-15(2)22(16(3)4,17(5)6)19(14-20)12-13-21-18-10-8-7-9-11-18/h7-12,15-17H,13H2,1-6H3/b19-12+. The molecule has 1 aromatic carbocycles. The molecular formula is C19H29NSSi. The average molecular weight is 332 g/mol. The Balaban J connectivity index is 3.04. The summed E-state index contributed by atoms with van der Waals surface area (Å²) < 4.78 is 0. The lowest BCUT2D eigenvalue weighted by atomic mass is 10.4. The molecule has 0 radical (unpaired) electrons. The van der Waals surface area contributed by atoms with Crippen LogP contribution in [0.4, 0.5) is 0 Å². The second-order valence-electron chi connectivity index (χ2n) is 6.75. The van der Waals surface area contributed by atoms with E-state index < -0.39 is 8.07 Å². The predicted molar refractivity (Wildman–Crippen MR) is 102 cm³/mol. The van der Waals surface area contributed by atoms with E-state index in [4.69, 9.17) is 0 Å². The van der Waals surface area contributed by atoms with E-state index in [0.29, 0.717) is 16.6 Å². The van der Waals surface area contributed by atoms with Crippen LogP contribution in [0.2, 0.25) is 16.6 Å². The lowest BCUT2D eigenvalue weighted by Gasteiger charge is -2.42. The number of rotatable bonds is 7. The molecule has 0 unspecified atom stereocenters. The molecule has 0 atom stereocenters. The van der Waals surface area contributed by atoms with E-state index in [1.54, 1.807) is 0 Å². The highest BCUT2D eigenvalue weighted by atomic mass is 32.2. The first-order chi connectivity index (χ1) is 10.4. The molecule has 1 rings (SSSR count). The Morgan fingerprint density at radius 3 is 1.95 bits per heavy atom. The normalized spacial score (nSPS) is 13.0. The molecule has 0 aliphatic carbocycles. The van der Waals surface area contributed by atoms with E-state index in [1.165, 1.54) is 4.90 Å². The van der Waals surface area contributed by atoms with Crippen LogP contribution in [0.5, 0.6) is 0 Å². The number of nitrogens with zero attached hydrogens (tertiary/aromatic N) is 1. The van der Waals surface area contributed by atoms with Crippen molar-refractivity contribution in [2.75, 3.05) is 5.75 Å². The third kappa shape index (κ3) is 4.06. The maximum Gasteiger partial charge on any atom is 0.107 e. The molecule has 22 heavy (non-hydrogen) atoms. The lowest BCUT2D eigenvalue weighted by molar-refractivity contribution is 0.827. The van der Waals surface area contributed by atoms with Crippen LogP contribution in [-0.2, 0) is 0 Å². The minimum atomic E-state index is -1.81. The van der Waals surface area contributed by atoms with E-state index in [-0.39, 0.29) is 0 Å². The van der Waals surface area contributed by atoms with Gasteiger partial charge >= 0.3 is 0 Å². The number of benzene rings is 1. The largest absolute Gasteiger partial charge is 0.193 e. The van der Waals surface area contributed by atoms with Gasteiger partial charge in [-0.25, -0.2) is 0 Å². The fourth-order valence-corrected chi connectivity index (χ4v) is 11.4. The maximum atomic E-state index is 9.81. The number of thioether (sulfide) groups is 1. The third-order valence-corrected chi connectivity index (χ3v) is 12.7. The highest BCUT2D eigenvalue weighted by Gasteiger charge is 2.46. The first-order valence-electron chi connectivity index (χ1n) is 8.15. The van der Waals surface area contributed by atoms with Crippen molar-refractivity contribution in [3.05, 3.63) is 41.6 Å². The minimum Gasteiger partial charge on any atom is -0.193 e. The molecule has 0 amide bonds. The topological polar surface area (TPSA) is 23.8 Å². The Morgan fingerprint density at radius 2 is 1.55 bits per heavy atom. The fourth-order valence-electron chi connectivity index (χ4n) is 3.99. The van der Waals surface area contributed by atoms with Gasteiger partial charge in [0, 0.05) is 15.8 Å². The van der Waals surface area contributed by atoms with Gasteiger partial charge in [0.15, 0.2) is 0 Å². The van der Waals surface area contributed by atoms with Crippen LogP contribution in [0.15, 0.2) is 46.5 Å². The van der Waals surface area contributed by atoms with Crippen LogP contribution in [0.3, 0.4) is 0 Å². The van der Waals surface area contributed by atoms with Crippen LogP contribution < -0.4 is 0 Å². The molecule has 3 heteroatoms. The number of allylic oxidation sites excluding steroid dienone is 1. The zero-order chi connectivity index (χ0) is 16.8. The van der Waals surface area contributed by atoms with E-state index in [2.05, 4.69) is 78.0 Å². The van der Waals surface area contributed by atoms with Gasteiger partial charge in [-0.2, -0.15) is 5.26 Å². The van der Waals surface area contributed by atoms with Gasteiger partial charge in [-0.3, -0.25) is 0 Å². The molecule has 0 aromatic heterocycles. The second-order valence-corrected chi connectivity index (χ2v) is 13.7. The van der Waals surface area contributed by atoms with E-state index in [9.17, 15) is 5.26 Å². The molecule has 1 nitrogen and oxygen atoms in total. The van der Waals surface area contributed by atoms with Crippen LogP contribution in [-0.4, -0.2) is 13.8 Å². The van der Waals surface area contributed by atoms with Crippen molar-refractivity contribution in [1.29, 1.82) is 5.26 Å². The van der Waals surface area contributed by atoms with Crippen LogP contribution in [0, 0.1) is 11.3 Å². The molecule has 0 fully saturated rings. The van der Waals surface area contributed by atoms with Crippen molar-refractivity contribution in [3.63, 3.8) is 0 Å². The monoisotopic (exact) mass is 331 g/mol. The molecule has 0 spiro atoms. The summed E-state index contributed by atoms with van der Waals surface area (Å²) in [6, 6.07) is 13.0. The molecular weight excluding hydrogens is 302 g/mol. The first-order valence-corrected chi connectivity index (χ1v) is 11.4. The van der Waals surface area contributed by atoms with E-state index in [1.807, 2.05) is 17.8 Å². The van der Waals surface area contributed by atoms with Crippen molar-refractivity contribution in [2.24, 2.45) is 0 Å². The first kappa shape index (κ1) is 19.1. The lowest BCUT2D eigenvalue weighted by Crippen LogP contribution is -2.46. The molecule has 1 aromatic rings. The Morgan fingerprint density at radius 1 is 1.05 bits per heavy atom. The Bertz CT molecular complexity index is 504. The Hall–Kier alpha value is -0.983. The summed E-state index contributed by atoms with van der Waals surface area (Å²) in [4.78, 5) is 1.27. The van der Waals surface area contributed by atoms with Gasteiger partial charge in [-0.1, -0.05) is 65.8 Å². The maximum absolute atomic E-state index is 9.81. The molecule has 0 aliphatic rings. The fraction of sp³-hybridized carbons (Fsp3) is 0.526. The molecule has 0 bridgehead atoms. The van der Waals surface area contributed by atoms with Crippen LogP contribution in [0.1, 0.15) is 41.5 Å². The summed E-state index contributed by atoms with van der Waals surface area (Å²) in [5, 5.41) is 10.9. The van der Waals surface area contributed by atoms with Gasteiger partial charge in [0.1, 0.15) is 8.07 Å². The van der Waals surface area contributed by atoms with Crippen molar-refractivity contribution in [3.8, 4) is 6.07 Å². The van der Waals surface area contributed by atoms with Gasteiger partial charge in [0.2, 0.25) is 0 Å². The highest BCUT2D eigenvalue weighted by molar-refractivity contribution is 7.99. The smallest absolute Gasteiger partial charge is 0.107 e. The van der Waals surface area contributed by atoms with Crippen LogP contribution in [0.25, 0.3) is 0 Å². The summed E-state index contributed by atoms with van der Waals surface area (Å²) >= 11 is 1.81. The Labute approximate surface area is 141 Å². The predicted octanol–water partition coefficient (Wildman–Crippen LogP) is 6.45. The molecule has 0 aliphatic heterocycles. The number of nitriles is 1. The number of hydrogen-bond acceptors (Lipinski definition) is 2. The summed E-state index contributed by atoms with van der Waals surface area (Å²) in [6.07, 6.45) is 2.21. The highest BCUT2D eigenvalue weighted by Crippen LogP contribution is 2.46. The van der Waals surface area contributed by atoms with E-state index in [0.717, 1.165) is 10.9 Å². The van der Waals surface area contributed by atoms with Crippen molar-refractivity contribution < 1.29 is 0 Å². The minimum absolute atomic E-state index is 0.583. The second kappa shape index (κ2) is 8.60. The summed E-state index contributed by atoms with van der Waals surface area (Å²) in [6.45, 7) is 13.8. The van der Waals surface area contributed by atoms with Crippen molar-refractivity contribution >= 4 is 19.8 Å². The van der Waals surface area contributed by atoms with Crippen molar-refractivity contribution in [2.45, 2.75) is 63.1 Å². The summed E-state index contributed by atoms with van der Waals surface area (Å²) in [5.74, 6) is 0.883. The van der Waals surface area contributed by atoms with E-state index >= 15 is 0 Å². The van der Waals surface area contributed by atoms with Gasteiger partial charge in [-0.05, 0) is 28.8 Å². The summed E-state index contributed by atoms with van der Waals surface area (Å²) in [7, 11) is -1.81. The molecule has 0 saturated heterocycles. The zero-order valence-electron chi connectivity index (χ0n) is 14.8. The molecule has 0 heterocycles. The van der Waals surface area contributed by atoms with Gasteiger partial charge < -0.3 is 0 Å². The SMILES string of the molecule is CC(C)[Si](/C(C#N)=C/CSc1ccccc1)(C(C)C)C(C)C. The van der Waals surface area contributed by atoms with Crippen LogP contribution >= 0.6 is 11.8 Å². The zero-order valence-corrected chi connectivity index (χ0v) is 16.6. The molecule has 0 N–H and O–H groups in total. The summed E-state index contributed by atoms with van der Waals surface area (Å²) in [5.41, 5.74) is 1.75. The van der Waals surface area contributed by atoms with Crippen molar-refractivity contribution in [1.82, 2.24) is 0 Å². The van der Waals surface area contributed by atoms with Gasteiger partial charge in [0.05, 0.1) is 6.07 Å². The quantitative estimate of drug-likeness (QED) is 0.326. The average Bonchev–Trinajstić information content (AvgIpc) is 2.46. The third-order valence-electron chi connectivity index (χ3n) is 4.73. The Kier molecular flexibility index (Phi) is 7.45. The van der Waals surface area contributed by atoms with Gasteiger partial charge in [0.25, 0.3) is 0 Å². The molecule has 120 valence electrons. The van der Waals surface area contributed by atoms with Gasteiger partial charge in [-0.15, -0.1) is 11.8 Å².